The normalized spacial score (nSPS) is 18.9. The van der Waals surface area contributed by atoms with Crippen molar-refractivity contribution < 1.29 is 14.6 Å². The fourth-order valence-corrected chi connectivity index (χ4v) is 4.36. The summed E-state index contributed by atoms with van der Waals surface area (Å²) < 4.78 is 13.6. The van der Waals surface area contributed by atoms with E-state index in [9.17, 15) is 5.11 Å². The Hall–Kier alpha value is -2.54. The van der Waals surface area contributed by atoms with Crippen LogP contribution in [0.15, 0.2) is 54.9 Å². The highest BCUT2D eigenvalue weighted by Gasteiger charge is 2.34. The summed E-state index contributed by atoms with van der Waals surface area (Å²) in [5.74, 6) is 1.47. The van der Waals surface area contributed by atoms with E-state index in [0.29, 0.717) is 23.9 Å². The van der Waals surface area contributed by atoms with Crippen LogP contribution in [0.25, 0.3) is 0 Å². The molecule has 4 rings (SSSR count). The molecule has 0 unspecified atom stereocenters. The second-order valence-electron chi connectivity index (χ2n) is 9.03. The average Bonchev–Trinajstić information content (AvgIpc) is 3.21. The molecular weight excluding hydrogens is 438 g/mol. The lowest BCUT2D eigenvalue weighted by Crippen LogP contribution is -2.51. The molecule has 1 fully saturated rings. The Kier molecular flexibility index (Phi) is 7.58. The number of aromatic nitrogens is 2. The maximum atomic E-state index is 11.1. The molecule has 6 nitrogen and oxygen atoms in total. The van der Waals surface area contributed by atoms with Crippen molar-refractivity contribution in [3.63, 3.8) is 0 Å². The maximum Gasteiger partial charge on any atom is 0.138 e. The lowest BCUT2D eigenvalue weighted by atomic mass is 9.93. The van der Waals surface area contributed by atoms with Crippen LogP contribution >= 0.6 is 11.6 Å². The number of likely N-dealkylation sites (tertiary alicyclic amines) is 1. The van der Waals surface area contributed by atoms with E-state index in [4.69, 9.17) is 21.1 Å². The van der Waals surface area contributed by atoms with Crippen molar-refractivity contribution in [1.29, 1.82) is 0 Å². The Morgan fingerprint density at radius 2 is 1.91 bits per heavy atom. The van der Waals surface area contributed by atoms with Crippen LogP contribution in [0.4, 0.5) is 0 Å². The number of nitrogens with zero attached hydrogens (tertiary/aromatic N) is 3. The first-order valence-electron chi connectivity index (χ1n) is 11.4. The molecule has 33 heavy (non-hydrogen) atoms. The number of aryl methyl sites for hydroxylation is 2. The van der Waals surface area contributed by atoms with Gasteiger partial charge in [0.25, 0.3) is 0 Å². The van der Waals surface area contributed by atoms with Gasteiger partial charge in [0.15, 0.2) is 0 Å². The Morgan fingerprint density at radius 1 is 1.09 bits per heavy atom. The predicted octanol–water partition coefficient (Wildman–Crippen LogP) is 4.64. The zero-order valence-electron chi connectivity index (χ0n) is 19.3. The van der Waals surface area contributed by atoms with Crippen molar-refractivity contribution in [2.75, 3.05) is 26.3 Å². The second kappa shape index (κ2) is 10.6. The largest absolute Gasteiger partial charge is 0.492 e. The van der Waals surface area contributed by atoms with Crippen LogP contribution in [0.5, 0.6) is 11.5 Å². The van der Waals surface area contributed by atoms with Crippen LogP contribution in [0.2, 0.25) is 5.02 Å². The number of β-amino-alcohol motifs (C(OH)–C–C–N with tert-alkyl or cyclic N) is 1. The van der Waals surface area contributed by atoms with E-state index >= 15 is 0 Å². The molecule has 176 valence electrons. The lowest BCUT2D eigenvalue weighted by molar-refractivity contribution is -0.0620. The van der Waals surface area contributed by atoms with Crippen LogP contribution in [-0.2, 0) is 13.1 Å². The van der Waals surface area contributed by atoms with E-state index in [1.165, 1.54) is 5.56 Å². The molecule has 0 radical (unpaired) electrons. The number of hydrogen-bond donors (Lipinski definition) is 1. The second-order valence-corrected chi connectivity index (χ2v) is 9.44. The Balaban J connectivity index is 1.26. The van der Waals surface area contributed by atoms with Crippen LogP contribution < -0.4 is 9.47 Å². The molecule has 1 aromatic heterocycles. The minimum absolute atomic E-state index is 0.231. The van der Waals surface area contributed by atoms with Gasteiger partial charge in [-0.1, -0.05) is 29.8 Å². The highest BCUT2D eigenvalue weighted by molar-refractivity contribution is 6.32. The number of hydrogen-bond acceptors (Lipinski definition) is 5. The summed E-state index contributed by atoms with van der Waals surface area (Å²) in [7, 11) is 0. The molecule has 1 atom stereocenters. The smallest absolute Gasteiger partial charge is 0.138 e. The van der Waals surface area contributed by atoms with E-state index in [1.807, 2.05) is 61.3 Å². The maximum absolute atomic E-state index is 11.1. The van der Waals surface area contributed by atoms with Gasteiger partial charge in [-0.25, -0.2) is 0 Å². The summed E-state index contributed by atoms with van der Waals surface area (Å²) in [5.41, 5.74) is 2.53. The first-order chi connectivity index (χ1) is 15.9. The Morgan fingerprint density at radius 3 is 2.67 bits per heavy atom. The summed E-state index contributed by atoms with van der Waals surface area (Å²) in [4.78, 5) is 2.28. The number of piperidine rings is 1. The van der Waals surface area contributed by atoms with E-state index in [-0.39, 0.29) is 6.61 Å². The minimum Gasteiger partial charge on any atom is -0.492 e. The molecule has 0 saturated carbocycles. The summed E-state index contributed by atoms with van der Waals surface area (Å²) in [6, 6.07) is 13.9. The number of ether oxygens (including phenoxy) is 2. The van der Waals surface area contributed by atoms with Crippen molar-refractivity contribution in [2.45, 2.75) is 45.4 Å². The van der Waals surface area contributed by atoms with Crippen LogP contribution in [0, 0.1) is 13.8 Å². The fraction of sp³-hybridized carbons (Fsp3) is 0.423. The molecule has 0 aliphatic carbocycles. The molecule has 1 aliphatic rings. The zero-order chi connectivity index (χ0) is 23.3. The zero-order valence-corrected chi connectivity index (χ0v) is 20.1. The number of aliphatic hydroxyl groups is 1. The molecular formula is C26H32ClN3O3. The Labute approximate surface area is 200 Å². The summed E-state index contributed by atoms with van der Waals surface area (Å²) in [5, 5.41) is 16.0. The van der Waals surface area contributed by atoms with Gasteiger partial charge in [0, 0.05) is 19.3 Å². The summed E-state index contributed by atoms with van der Waals surface area (Å²) in [6.07, 6.45) is 5.50. The number of rotatable bonds is 9. The first kappa shape index (κ1) is 23.6. The van der Waals surface area contributed by atoms with Crippen LogP contribution in [-0.4, -0.2) is 51.7 Å². The third kappa shape index (κ3) is 6.73. The number of halogens is 1. The predicted molar refractivity (Wildman–Crippen MR) is 130 cm³/mol. The van der Waals surface area contributed by atoms with Gasteiger partial charge in [-0.15, -0.1) is 0 Å². The van der Waals surface area contributed by atoms with Gasteiger partial charge >= 0.3 is 0 Å². The summed E-state index contributed by atoms with van der Waals surface area (Å²) >= 11 is 6.24. The van der Waals surface area contributed by atoms with Gasteiger partial charge in [-0.2, -0.15) is 5.10 Å². The molecule has 1 aliphatic heterocycles. The molecule has 0 bridgehead atoms. The SMILES string of the molecule is Cc1ccc(Cl)c(OC[C@@]2(O)CCCN(Cc3ccc(OCCn4cc(C)cn4)cc3)C2)c1. The quantitative estimate of drug-likeness (QED) is 0.494. The average molecular weight is 470 g/mol. The molecule has 0 spiro atoms. The first-order valence-corrected chi connectivity index (χ1v) is 11.8. The van der Waals surface area contributed by atoms with Crippen LogP contribution in [0.3, 0.4) is 0 Å². The van der Waals surface area contributed by atoms with Crippen molar-refractivity contribution in [1.82, 2.24) is 14.7 Å². The van der Waals surface area contributed by atoms with Crippen molar-refractivity contribution in [3.05, 3.63) is 76.6 Å². The van der Waals surface area contributed by atoms with Crippen molar-refractivity contribution in [2.24, 2.45) is 0 Å². The van der Waals surface area contributed by atoms with Gasteiger partial charge in [-0.3, -0.25) is 9.58 Å². The van der Waals surface area contributed by atoms with E-state index in [0.717, 1.165) is 49.4 Å². The standard InChI is InChI=1S/C26H32ClN3O3/c1-20-4-9-24(27)25(14-20)33-19-26(31)10-3-11-29(18-26)17-22-5-7-23(8-6-22)32-13-12-30-16-21(2)15-28-30/h4-9,14-16,31H,3,10-13,17-19H2,1-2H3/t26-/m1/s1. The Bertz CT molecular complexity index is 1050. The van der Waals surface area contributed by atoms with Crippen LogP contribution in [0.1, 0.15) is 29.5 Å². The molecule has 7 heteroatoms. The number of benzene rings is 2. The van der Waals surface area contributed by atoms with E-state index in [1.54, 1.807) is 0 Å². The van der Waals surface area contributed by atoms with Gasteiger partial charge in [0.1, 0.15) is 30.3 Å². The highest BCUT2D eigenvalue weighted by atomic mass is 35.5. The molecule has 2 heterocycles. The molecule has 1 saturated heterocycles. The highest BCUT2D eigenvalue weighted by Crippen LogP contribution is 2.29. The summed E-state index contributed by atoms with van der Waals surface area (Å²) in [6.45, 7) is 7.85. The van der Waals surface area contributed by atoms with Gasteiger partial charge < -0.3 is 14.6 Å². The molecule has 1 N–H and O–H groups in total. The molecule has 0 amide bonds. The van der Waals surface area contributed by atoms with E-state index < -0.39 is 5.60 Å². The van der Waals surface area contributed by atoms with Crippen molar-refractivity contribution in [3.8, 4) is 11.5 Å². The van der Waals surface area contributed by atoms with Crippen molar-refractivity contribution >= 4 is 11.6 Å². The fourth-order valence-electron chi connectivity index (χ4n) is 4.19. The third-order valence-corrected chi connectivity index (χ3v) is 6.21. The van der Waals surface area contributed by atoms with Gasteiger partial charge in [0.2, 0.25) is 0 Å². The lowest BCUT2D eigenvalue weighted by Gasteiger charge is -2.39. The monoisotopic (exact) mass is 469 g/mol. The van der Waals surface area contributed by atoms with Gasteiger partial charge in [0.05, 0.1) is 17.8 Å². The topological polar surface area (TPSA) is 59.8 Å². The van der Waals surface area contributed by atoms with Gasteiger partial charge in [-0.05, 0) is 74.2 Å². The third-order valence-electron chi connectivity index (χ3n) is 5.90. The molecule has 3 aromatic rings. The van der Waals surface area contributed by atoms with E-state index in [2.05, 4.69) is 22.1 Å². The molecule has 2 aromatic carbocycles. The minimum atomic E-state index is -0.890.